The monoisotopic (exact) mass is 425 g/mol. The first-order valence-corrected chi connectivity index (χ1v) is 12.9. The van der Waals surface area contributed by atoms with Crippen LogP contribution in [0.25, 0.3) is 11.4 Å². The number of piperidine rings is 1. The number of rotatable bonds is 5. The van der Waals surface area contributed by atoms with E-state index in [0.29, 0.717) is 5.41 Å². The maximum Gasteiger partial charge on any atom is 0.111 e. The number of aryl methyl sites for hydroxylation is 2. The number of thioether (sulfide) groups is 1. The average Bonchev–Trinajstić information content (AvgIpc) is 3.08. The smallest absolute Gasteiger partial charge is 0.111 e. The molecule has 2 aromatic heterocycles. The topological polar surface area (TPSA) is 46.8 Å². The van der Waals surface area contributed by atoms with Crippen molar-refractivity contribution < 1.29 is 0 Å². The lowest BCUT2D eigenvalue weighted by atomic mass is 9.56. The van der Waals surface area contributed by atoms with Gasteiger partial charge in [0, 0.05) is 13.6 Å². The van der Waals surface area contributed by atoms with Gasteiger partial charge in [-0.05, 0) is 111 Å². The Labute approximate surface area is 185 Å². The van der Waals surface area contributed by atoms with Gasteiger partial charge in [-0.2, -0.15) is 22.0 Å². The molecule has 3 fully saturated rings. The van der Waals surface area contributed by atoms with Gasteiger partial charge in [-0.3, -0.25) is 4.68 Å². The maximum absolute atomic E-state index is 4.55. The number of nitrogens with zero attached hydrogens (tertiary/aromatic N) is 5. The van der Waals surface area contributed by atoms with Gasteiger partial charge in [0.15, 0.2) is 0 Å². The van der Waals surface area contributed by atoms with Gasteiger partial charge in [0.05, 0.1) is 17.6 Å². The molecule has 1 aliphatic carbocycles. The fourth-order valence-electron chi connectivity index (χ4n) is 6.03. The van der Waals surface area contributed by atoms with Crippen LogP contribution in [0.15, 0.2) is 18.3 Å². The van der Waals surface area contributed by atoms with Gasteiger partial charge in [-0.1, -0.05) is 0 Å². The molecule has 3 aliphatic rings. The van der Waals surface area contributed by atoms with Crippen molar-refractivity contribution in [2.75, 3.05) is 31.1 Å². The molecule has 2 aromatic rings. The quantitative estimate of drug-likeness (QED) is 0.712. The summed E-state index contributed by atoms with van der Waals surface area (Å²) >= 11 is 2.14. The van der Waals surface area contributed by atoms with Gasteiger partial charge in [0.25, 0.3) is 0 Å². The minimum absolute atomic E-state index is 0.642. The van der Waals surface area contributed by atoms with Crippen molar-refractivity contribution in [3.63, 3.8) is 0 Å². The van der Waals surface area contributed by atoms with Crippen LogP contribution < -0.4 is 0 Å². The van der Waals surface area contributed by atoms with Crippen LogP contribution in [0, 0.1) is 24.2 Å². The standard InChI is InChI=1S/C24H35N5S/c1-18-16-25-28(2)23(18)22-4-3-21(26-27-22)13-20-14-24(15-20)7-9-29(10-8-24)17-19-5-11-30-12-6-19/h3-4,16,19-20H,5-15,17H2,1-2H3. The lowest BCUT2D eigenvalue weighted by Crippen LogP contribution is -2.48. The van der Waals surface area contributed by atoms with Crippen molar-refractivity contribution in [1.29, 1.82) is 0 Å². The Balaban J connectivity index is 1.09. The minimum Gasteiger partial charge on any atom is -0.303 e. The Morgan fingerprint density at radius 3 is 2.47 bits per heavy atom. The van der Waals surface area contributed by atoms with E-state index >= 15 is 0 Å². The van der Waals surface area contributed by atoms with Gasteiger partial charge in [-0.25, -0.2) is 0 Å². The summed E-state index contributed by atoms with van der Waals surface area (Å²) in [7, 11) is 1.96. The van der Waals surface area contributed by atoms with Crippen molar-refractivity contribution in [2.45, 2.75) is 51.9 Å². The first-order chi connectivity index (χ1) is 14.6. The molecule has 0 radical (unpaired) electrons. The zero-order valence-electron chi connectivity index (χ0n) is 18.5. The van der Waals surface area contributed by atoms with Gasteiger partial charge in [-0.15, -0.1) is 5.10 Å². The van der Waals surface area contributed by atoms with E-state index in [-0.39, 0.29) is 0 Å². The molecule has 0 bridgehead atoms. The summed E-state index contributed by atoms with van der Waals surface area (Å²) in [5.74, 6) is 4.53. The Hall–Kier alpha value is -1.40. The highest BCUT2D eigenvalue weighted by molar-refractivity contribution is 7.99. The lowest BCUT2D eigenvalue weighted by molar-refractivity contribution is -0.0167. The molecule has 4 heterocycles. The van der Waals surface area contributed by atoms with E-state index in [2.05, 4.69) is 51.0 Å². The van der Waals surface area contributed by atoms with E-state index in [9.17, 15) is 0 Å². The minimum atomic E-state index is 0.642. The summed E-state index contributed by atoms with van der Waals surface area (Å²) in [6.07, 6.45) is 11.5. The summed E-state index contributed by atoms with van der Waals surface area (Å²) in [6, 6.07) is 4.29. The molecule has 5 rings (SSSR count). The molecule has 162 valence electrons. The zero-order valence-corrected chi connectivity index (χ0v) is 19.3. The van der Waals surface area contributed by atoms with Gasteiger partial charge in [0.1, 0.15) is 5.69 Å². The molecular weight excluding hydrogens is 390 g/mol. The molecule has 1 saturated carbocycles. The molecule has 0 atom stereocenters. The lowest BCUT2D eigenvalue weighted by Gasteiger charge is -2.53. The van der Waals surface area contributed by atoms with Crippen molar-refractivity contribution in [1.82, 2.24) is 24.9 Å². The predicted octanol–water partition coefficient (Wildman–Crippen LogP) is 4.36. The van der Waals surface area contributed by atoms with Crippen LogP contribution in [0.5, 0.6) is 0 Å². The highest BCUT2D eigenvalue weighted by atomic mass is 32.2. The van der Waals surface area contributed by atoms with E-state index in [1.807, 2.05) is 17.9 Å². The third-order valence-corrected chi connectivity index (χ3v) is 8.85. The van der Waals surface area contributed by atoms with Crippen molar-refractivity contribution >= 4 is 11.8 Å². The van der Waals surface area contributed by atoms with E-state index in [1.54, 1.807) is 0 Å². The molecule has 0 aromatic carbocycles. The molecule has 2 aliphatic heterocycles. The van der Waals surface area contributed by atoms with E-state index in [4.69, 9.17) is 0 Å². The van der Waals surface area contributed by atoms with E-state index < -0.39 is 0 Å². The molecule has 5 nitrogen and oxygen atoms in total. The highest BCUT2D eigenvalue weighted by Crippen LogP contribution is 2.53. The van der Waals surface area contributed by atoms with Crippen molar-refractivity contribution in [3.05, 3.63) is 29.6 Å². The van der Waals surface area contributed by atoms with Gasteiger partial charge >= 0.3 is 0 Å². The summed E-state index contributed by atoms with van der Waals surface area (Å²) in [5, 5.41) is 13.4. The average molecular weight is 426 g/mol. The summed E-state index contributed by atoms with van der Waals surface area (Å²) in [4.78, 5) is 2.77. The highest BCUT2D eigenvalue weighted by Gasteiger charge is 2.45. The zero-order chi connectivity index (χ0) is 20.6. The molecule has 6 heteroatoms. The molecule has 1 spiro atoms. The Kier molecular flexibility index (Phi) is 5.89. The maximum atomic E-state index is 4.55. The summed E-state index contributed by atoms with van der Waals surface area (Å²) in [5.41, 5.74) is 4.92. The number of likely N-dealkylation sites (tertiary alicyclic amines) is 1. The summed E-state index contributed by atoms with van der Waals surface area (Å²) < 4.78 is 1.88. The summed E-state index contributed by atoms with van der Waals surface area (Å²) in [6.45, 7) is 6.09. The Bertz CT molecular complexity index is 819. The first kappa shape index (κ1) is 20.5. The predicted molar refractivity (Wildman–Crippen MR) is 124 cm³/mol. The molecule has 0 amide bonds. The fraction of sp³-hybridized carbons (Fsp3) is 0.708. The number of aromatic nitrogens is 4. The van der Waals surface area contributed by atoms with Crippen LogP contribution in [0.4, 0.5) is 0 Å². The normalized spacial score (nSPS) is 23.0. The second-order valence-electron chi connectivity index (χ2n) is 10.0. The largest absolute Gasteiger partial charge is 0.303 e. The van der Waals surface area contributed by atoms with Crippen LogP contribution in [-0.4, -0.2) is 56.0 Å². The van der Waals surface area contributed by atoms with Crippen LogP contribution in [0.1, 0.15) is 49.8 Å². The van der Waals surface area contributed by atoms with Crippen LogP contribution in [0.2, 0.25) is 0 Å². The second-order valence-corrected chi connectivity index (χ2v) is 11.3. The number of hydrogen-bond donors (Lipinski definition) is 0. The van der Waals surface area contributed by atoms with Gasteiger partial charge in [0.2, 0.25) is 0 Å². The van der Waals surface area contributed by atoms with Crippen LogP contribution >= 0.6 is 11.8 Å². The SMILES string of the molecule is Cc1cnn(C)c1-c1ccc(CC2CC3(CCN(CC4CCSCC4)CC3)C2)nn1. The van der Waals surface area contributed by atoms with Crippen molar-refractivity contribution in [3.8, 4) is 11.4 Å². The van der Waals surface area contributed by atoms with Gasteiger partial charge < -0.3 is 4.90 Å². The number of hydrogen-bond acceptors (Lipinski definition) is 5. The van der Waals surface area contributed by atoms with E-state index in [0.717, 1.165) is 40.9 Å². The molecule has 2 saturated heterocycles. The second kappa shape index (κ2) is 8.62. The molecule has 0 unspecified atom stereocenters. The Morgan fingerprint density at radius 2 is 1.83 bits per heavy atom. The molecular formula is C24H35N5S. The Morgan fingerprint density at radius 1 is 1.07 bits per heavy atom. The molecule has 0 N–H and O–H groups in total. The third kappa shape index (κ3) is 4.31. The third-order valence-electron chi connectivity index (χ3n) is 7.80. The van der Waals surface area contributed by atoms with E-state index in [1.165, 1.54) is 69.7 Å². The van der Waals surface area contributed by atoms with Crippen LogP contribution in [0.3, 0.4) is 0 Å². The van der Waals surface area contributed by atoms with Crippen LogP contribution in [-0.2, 0) is 13.5 Å². The first-order valence-electron chi connectivity index (χ1n) is 11.7. The molecule has 30 heavy (non-hydrogen) atoms. The van der Waals surface area contributed by atoms with Crippen molar-refractivity contribution in [2.24, 2.45) is 24.3 Å². The fourth-order valence-corrected chi connectivity index (χ4v) is 7.23.